The maximum atomic E-state index is 13.0. The molecule has 2 aliphatic heterocycles. The number of halogens is 5. The minimum atomic E-state index is -0.931. The molecule has 4 aromatic carbocycles. The molecule has 0 atom stereocenters. The number of hydrogen-bond donors (Lipinski definition) is 2. The number of anilines is 3. The van der Waals surface area contributed by atoms with Crippen LogP contribution in [0.2, 0.25) is 5.28 Å². The Kier molecular flexibility index (Phi) is 28.4. The number of rotatable bonds is 15. The summed E-state index contributed by atoms with van der Waals surface area (Å²) in [7, 11) is 16.3. The Labute approximate surface area is 489 Å². The van der Waals surface area contributed by atoms with Crippen LogP contribution in [0.25, 0.3) is 0 Å². The molecule has 0 saturated carbocycles. The molecular weight excluding hydrogens is 1230 g/mol. The molecule has 2 fully saturated rings. The Hall–Kier alpha value is -5.21. The van der Waals surface area contributed by atoms with Gasteiger partial charge in [-0.25, -0.2) is 9.97 Å². The molecule has 2 saturated heterocycles. The quantitative estimate of drug-likeness (QED) is 0.0561. The minimum absolute atomic E-state index is 0.0237. The molecule has 2 aliphatic rings. The van der Waals surface area contributed by atoms with E-state index in [0.29, 0.717) is 66.3 Å². The van der Waals surface area contributed by atoms with Crippen LogP contribution >= 0.6 is 62.8 Å². The van der Waals surface area contributed by atoms with Gasteiger partial charge in [-0.1, -0.05) is 45.0 Å². The fourth-order valence-corrected chi connectivity index (χ4v) is 8.62. The van der Waals surface area contributed by atoms with Gasteiger partial charge >= 0.3 is 34.5 Å². The number of para-hydroxylation sites is 2. The number of aryl methyl sites for hydroxylation is 2. The van der Waals surface area contributed by atoms with Crippen molar-refractivity contribution in [1.82, 2.24) is 34.6 Å². The summed E-state index contributed by atoms with van der Waals surface area (Å²) in [5.74, 6) is 4.44. The second-order valence-corrected chi connectivity index (χ2v) is 23.5. The van der Waals surface area contributed by atoms with Crippen molar-refractivity contribution in [3.05, 3.63) is 122 Å². The van der Waals surface area contributed by atoms with Crippen LogP contribution in [0.1, 0.15) is 78.3 Å². The summed E-state index contributed by atoms with van der Waals surface area (Å²) < 4.78 is 34.0. The van der Waals surface area contributed by atoms with Gasteiger partial charge in [-0.15, -0.1) is 0 Å². The second kappa shape index (κ2) is 33.9. The van der Waals surface area contributed by atoms with Crippen molar-refractivity contribution in [3.8, 4) is 46.3 Å². The normalized spacial score (nSPS) is 12.2. The van der Waals surface area contributed by atoms with Crippen molar-refractivity contribution >= 4 is 92.0 Å². The first-order valence-electron chi connectivity index (χ1n) is 24.7. The van der Waals surface area contributed by atoms with Crippen molar-refractivity contribution in [3.63, 3.8) is 0 Å². The van der Waals surface area contributed by atoms with Crippen LogP contribution in [0.3, 0.4) is 0 Å². The molecule has 0 aliphatic carbocycles. The van der Waals surface area contributed by atoms with Crippen molar-refractivity contribution in [2.24, 2.45) is 0 Å². The molecule has 6 aromatic rings. The van der Waals surface area contributed by atoms with E-state index in [4.69, 9.17) is 65.1 Å². The zero-order valence-electron chi connectivity index (χ0n) is 44.9. The first kappa shape index (κ1) is 64.3. The zero-order chi connectivity index (χ0) is 56.4. The van der Waals surface area contributed by atoms with E-state index in [2.05, 4.69) is 82.8 Å². The Balaban J connectivity index is 0.000000248. The molecule has 23 heteroatoms. The number of benzene rings is 4. The van der Waals surface area contributed by atoms with Gasteiger partial charge in [-0.2, -0.15) is 9.97 Å². The molecule has 3 N–H and O–H groups in total. The number of likely N-dealkylation sites (tertiary alicyclic amines) is 2. The van der Waals surface area contributed by atoms with Crippen LogP contribution in [0.15, 0.2) is 94.1 Å². The van der Waals surface area contributed by atoms with Gasteiger partial charge < -0.3 is 54.2 Å². The maximum absolute atomic E-state index is 13.0. The van der Waals surface area contributed by atoms with Crippen molar-refractivity contribution in [2.75, 3.05) is 85.3 Å². The molecule has 0 spiro atoms. The van der Waals surface area contributed by atoms with Gasteiger partial charge in [0, 0.05) is 55.9 Å². The molecule has 2 amide bonds. The van der Waals surface area contributed by atoms with Gasteiger partial charge in [-0.3, -0.25) is 9.59 Å². The number of nitrogens with one attached hydrogen (secondary N) is 1. The number of ether oxygens (including phenoxy) is 6. The number of amides is 2. The summed E-state index contributed by atoms with van der Waals surface area (Å²) in [6.45, 7) is 17.1. The monoisotopic (exact) mass is 1300 g/mol. The average molecular weight is 1300 g/mol. The predicted octanol–water partition coefficient (Wildman–Crippen LogP) is 13.6. The average Bonchev–Trinajstić information content (AvgIpc) is 4.19. The number of hydrogen-bond acceptors (Lipinski definition) is 15. The third-order valence-electron chi connectivity index (χ3n) is 11.8. The van der Waals surface area contributed by atoms with Crippen LogP contribution in [0, 0.1) is 13.8 Å². The summed E-state index contributed by atoms with van der Waals surface area (Å²) >= 11 is 11.6. The van der Waals surface area contributed by atoms with Gasteiger partial charge in [0.1, 0.15) is 11.5 Å². The Morgan fingerprint density at radius 1 is 0.649 bits per heavy atom. The number of carbonyl (C=O) groups is 2. The third-order valence-corrected chi connectivity index (χ3v) is 13.0. The fraction of sp³-hybridized carbons (Fsp3) is 0.370. The fourth-order valence-electron chi connectivity index (χ4n) is 7.95. The first-order valence-corrected chi connectivity index (χ1v) is 34.5. The number of nitrogens with two attached hydrogens (primary N) is 1. The van der Waals surface area contributed by atoms with Gasteiger partial charge in [0.25, 0.3) is 11.8 Å². The van der Waals surface area contributed by atoms with Crippen LogP contribution in [0.4, 0.5) is 17.3 Å². The summed E-state index contributed by atoms with van der Waals surface area (Å²) in [6, 6.07) is 21.6. The standard InChI is InChI=1S/C24H25BrN4O4.C15H13BrClN3O2.C9H13NO2.C6H15N.2ClH.Zn/c1-15-12-16(13-20(31-2)21(15)32-3)27-24-26-14-18(25)22(28-24)33-19-9-5-4-8-17(19)23(30)29-10-6-7-11-29;16-11-9-18-15(17)19-13(11)22-12-6-2-1-5-10(12)14(21)20-7-3-4-8-20;1-6-4-7(10)5-8(11-2)9(6)12-3;1-4-7(5-2)6-3;;;/h4-5,8-9,12-14H,6-7,10-11H2,1-3H3,(H,26,27,28);1-2,5-6,9H,3-4,7-8H2;4-5H,10H2,1-3H3;4-6H2,1-3H3;2*1H;/q;;;;;;+2/p-2. The molecule has 77 heavy (non-hydrogen) atoms. The summed E-state index contributed by atoms with van der Waals surface area (Å²) in [6.07, 6.45) is 7.25. The van der Waals surface area contributed by atoms with Crippen LogP contribution in [-0.2, 0) is 15.1 Å². The van der Waals surface area contributed by atoms with E-state index in [-0.39, 0.29) is 23.0 Å². The number of methoxy groups -OCH3 is 4. The molecule has 2 aromatic heterocycles. The number of aromatic nitrogens is 4. The summed E-state index contributed by atoms with van der Waals surface area (Å²) in [4.78, 5) is 48.3. The number of nitrogen functional groups attached to an aromatic ring is 1. The van der Waals surface area contributed by atoms with Crippen LogP contribution in [0.5, 0.6) is 46.3 Å². The Morgan fingerprint density at radius 3 is 1.52 bits per heavy atom. The van der Waals surface area contributed by atoms with Gasteiger partial charge in [-0.05, 0) is 150 Å². The topological polar surface area (TPSA) is 189 Å². The third kappa shape index (κ3) is 19.6. The van der Waals surface area contributed by atoms with Crippen molar-refractivity contribution in [1.29, 1.82) is 0 Å². The van der Waals surface area contributed by atoms with Crippen molar-refractivity contribution < 1.29 is 53.2 Å². The van der Waals surface area contributed by atoms with E-state index in [0.717, 1.165) is 74.4 Å². The second-order valence-electron chi connectivity index (χ2n) is 16.8. The zero-order valence-corrected chi connectivity index (χ0v) is 53.3. The van der Waals surface area contributed by atoms with Crippen LogP contribution in [-0.4, -0.2) is 121 Å². The molecule has 0 bridgehead atoms. The SMILES string of the molecule is CCN(CC)CC.COc1cc(N)cc(C)c1OC.COc1cc(Nc2ncc(Br)c(Oc3ccccc3C(=O)N3CCCC3)n2)cc(C)c1OC.O=C(c1ccccc1Oc1nc(Cl)ncc1Br)N1CCCC1.[Cl][Zn][Cl]. The van der Waals surface area contributed by atoms with Gasteiger partial charge in [0.15, 0.2) is 23.0 Å². The number of nitrogens with zero attached hydrogens (tertiary/aromatic N) is 7. The molecule has 0 radical (unpaired) electrons. The molecule has 8 rings (SSSR count). The molecule has 412 valence electrons. The van der Waals surface area contributed by atoms with E-state index in [9.17, 15) is 9.59 Å². The van der Waals surface area contributed by atoms with Crippen molar-refractivity contribution in [2.45, 2.75) is 60.3 Å². The predicted molar refractivity (Wildman–Crippen MR) is 309 cm³/mol. The van der Waals surface area contributed by atoms with Gasteiger partial charge in [0.05, 0.1) is 54.7 Å². The van der Waals surface area contributed by atoms with E-state index in [1.54, 1.807) is 65.0 Å². The first-order chi connectivity index (χ1) is 37.1. The molecule has 17 nitrogen and oxygen atoms in total. The van der Waals surface area contributed by atoms with E-state index < -0.39 is 15.1 Å². The summed E-state index contributed by atoms with van der Waals surface area (Å²) in [5, 5.41) is 3.26. The molecule has 4 heterocycles. The molecular formula is C54H66Br2Cl3N9O8Zn. The Morgan fingerprint density at radius 2 is 1.08 bits per heavy atom. The van der Waals surface area contributed by atoms with E-state index >= 15 is 0 Å². The molecule has 0 unspecified atom stereocenters. The Bertz CT molecular complexity index is 2830. The number of carbonyl (C=O) groups excluding carboxylic acids is 2. The van der Waals surface area contributed by atoms with E-state index in [1.807, 2.05) is 66.1 Å². The van der Waals surface area contributed by atoms with E-state index in [1.165, 1.54) is 25.8 Å². The van der Waals surface area contributed by atoms with Gasteiger partial charge in [0.2, 0.25) is 23.0 Å². The van der Waals surface area contributed by atoms with Crippen LogP contribution < -0.4 is 39.5 Å². The summed E-state index contributed by atoms with van der Waals surface area (Å²) in [5.41, 5.74) is 9.96.